The number of aromatic nitrogens is 3. The van der Waals surface area contributed by atoms with E-state index in [1.165, 1.54) is 4.88 Å². The summed E-state index contributed by atoms with van der Waals surface area (Å²) in [5.41, 5.74) is 1.06. The number of hydrogen-bond donors (Lipinski definition) is 1. The van der Waals surface area contributed by atoms with Crippen molar-refractivity contribution in [1.82, 2.24) is 20.3 Å². The van der Waals surface area contributed by atoms with Crippen LogP contribution in [0, 0.1) is 0 Å². The zero-order valence-corrected chi connectivity index (χ0v) is 10.2. The van der Waals surface area contributed by atoms with Crippen LogP contribution in [0.15, 0.2) is 23.7 Å². The van der Waals surface area contributed by atoms with Gasteiger partial charge in [0.05, 0.1) is 31.1 Å². The van der Waals surface area contributed by atoms with E-state index in [0.717, 1.165) is 25.3 Å². The molecule has 0 aromatic carbocycles. The molecule has 2 aromatic rings. The molecular formula is C11H14N4OS. The van der Waals surface area contributed by atoms with Gasteiger partial charge in [0.25, 0.3) is 0 Å². The average Bonchev–Trinajstić information content (AvgIpc) is 2.98. The molecule has 0 fully saturated rings. The van der Waals surface area contributed by atoms with E-state index < -0.39 is 0 Å². The largest absolute Gasteiger partial charge is 0.369 e. The number of ether oxygens (including phenoxy) is 1. The highest BCUT2D eigenvalue weighted by atomic mass is 32.1. The lowest BCUT2D eigenvalue weighted by Crippen LogP contribution is -2.36. The van der Waals surface area contributed by atoms with Crippen LogP contribution in [0.3, 0.4) is 0 Å². The monoisotopic (exact) mass is 250 g/mol. The Morgan fingerprint density at radius 3 is 3.47 bits per heavy atom. The Hall–Kier alpha value is -1.24. The summed E-state index contributed by atoms with van der Waals surface area (Å²) in [7, 11) is 0. The van der Waals surface area contributed by atoms with Crippen LogP contribution in [0.2, 0.25) is 0 Å². The number of thiophene rings is 1. The van der Waals surface area contributed by atoms with E-state index in [2.05, 4.69) is 33.1 Å². The highest BCUT2D eigenvalue weighted by Gasteiger charge is 2.19. The molecule has 0 aliphatic carbocycles. The van der Waals surface area contributed by atoms with Gasteiger partial charge in [0.1, 0.15) is 0 Å². The van der Waals surface area contributed by atoms with Crippen LogP contribution in [-0.2, 0) is 24.4 Å². The average molecular weight is 250 g/mol. The molecule has 2 aromatic heterocycles. The van der Waals surface area contributed by atoms with E-state index >= 15 is 0 Å². The summed E-state index contributed by atoms with van der Waals surface area (Å²) >= 11 is 1.77. The molecule has 0 saturated carbocycles. The smallest absolute Gasteiger partial charge is 0.0906 e. The molecule has 6 heteroatoms. The van der Waals surface area contributed by atoms with E-state index in [4.69, 9.17) is 4.74 Å². The van der Waals surface area contributed by atoms with Crippen LogP contribution in [0.4, 0.5) is 0 Å². The molecule has 0 spiro atoms. The number of hydrogen-bond acceptors (Lipinski definition) is 5. The second-order valence-electron chi connectivity index (χ2n) is 4.05. The fourth-order valence-electron chi connectivity index (χ4n) is 1.89. The van der Waals surface area contributed by atoms with Gasteiger partial charge in [-0.15, -0.1) is 16.4 Å². The molecule has 1 N–H and O–H groups in total. The zero-order chi connectivity index (χ0) is 11.5. The maximum Gasteiger partial charge on any atom is 0.0906 e. The number of rotatable bonds is 4. The third-order valence-electron chi connectivity index (χ3n) is 2.79. The van der Waals surface area contributed by atoms with Crippen molar-refractivity contribution in [3.63, 3.8) is 0 Å². The van der Waals surface area contributed by atoms with Crippen molar-refractivity contribution in [3.05, 3.63) is 34.3 Å². The molecule has 17 heavy (non-hydrogen) atoms. The van der Waals surface area contributed by atoms with Crippen LogP contribution in [0.5, 0.6) is 0 Å². The quantitative estimate of drug-likeness (QED) is 0.880. The molecule has 5 nitrogen and oxygen atoms in total. The van der Waals surface area contributed by atoms with Crippen LogP contribution in [-0.4, -0.2) is 27.6 Å². The summed E-state index contributed by atoms with van der Waals surface area (Å²) in [5, 5.41) is 13.4. The van der Waals surface area contributed by atoms with Gasteiger partial charge in [-0.05, 0) is 11.4 Å². The minimum absolute atomic E-state index is 0.184. The highest BCUT2D eigenvalue weighted by molar-refractivity contribution is 7.09. The van der Waals surface area contributed by atoms with Crippen LogP contribution in [0.1, 0.15) is 10.6 Å². The number of fused-ring (bicyclic) bond motifs is 1. The second kappa shape index (κ2) is 4.95. The molecule has 0 saturated heterocycles. The van der Waals surface area contributed by atoms with E-state index in [1.807, 2.05) is 4.68 Å². The third-order valence-corrected chi connectivity index (χ3v) is 3.67. The van der Waals surface area contributed by atoms with Gasteiger partial charge < -0.3 is 10.1 Å². The Morgan fingerprint density at radius 1 is 1.59 bits per heavy atom. The molecule has 0 radical (unpaired) electrons. The van der Waals surface area contributed by atoms with Crippen molar-refractivity contribution < 1.29 is 4.74 Å². The molecule has 0 amide bonds. The Balaban J connectivity index is 1.48. The fraction of sp³-hybridized carbons (Fsp3) is 0.455. The minimum atomic E-state index is 0.184. The van der Waals surface area contributed by atoms with Crippen LogP contribution in [0.25, 0.3) is 0 Å². The Kier molecular flexibility index (Phi) is 3.17. The molecule has 3 rings (SSSR count). The van der Waals surface area contributed by atoms with E-state index in [1.54, 1.807) is 17.5 Å². The predicted molar refractivity (Wildman–Crippen MR) is 64.6 cm³/mol. The minimum Gasteiger partial charge on any atom is -0.369 e. The zero-order valence-electron chi connectivity index (χ0n) is 9.37. The van der Waals surface area contributed by atoms with Gasteiger partial charge in [-0.3, -0.25) is 0 Å². The summed E-state index contributed by atoms with van der Waals surface area (Å²) < 4.78 is 7.64. The van der Waals surface area contributed by atoms with Crippen LogP contribution >= 0.6 is 11.3 Å². The first-order valence-corrected chi connectivity index (χ1v) is 6.52. The summed E-state index contributed by atoms with van der Waals surface area (Å²) in [5.74, 6) is 0. The second-order valence-corrected chi connectivity index (χ2v) is 5.08. The SMILES string of the molecule is c1csc(CNC[C@@H]2Cn3nncc3CO2)c1. The molecule has 1 aliphatic rings. The normalized spacial score (nSPS) is 19.2. The lowest BCUT2D eigenvalue weighted by atomic mass is 10.3. The van der Waals surface area contributed by atoms with E-state index in [-0.39, 0.29) is 6.10 Å². The van der Waals surface area contributed by atoms with Crippen molar-refractivity contribution in [1.29, 1.82) is 0 Å². The first kappa shape index (κ1) is 10.9. The standard InChI is InChI=1S/C11H14N4OS/c1-2-11(17-3-1)6-12-5-10-7-15-9(8-16-10)4-13-14-15/h1-4,10,12H,5-8H2/t10-/m1/s1. The van der Waals surface area contributed by atoms with Crippen molar-refractivity contribution >= 4 is 11.3 Å². The summed E-state index contributed by atoms with van der Waals surface area (Å²) in [6, 6.07) is 4.20. The predicted octanol–water partition coefficient (Wildman–Crippen LogP) is 1.03. The maximum absolute atomic E-state index is 5.72. The molecule has 3 heterocycles. The molecule has 0 bridgehead atoms. The van der Waals surface area contributed by atoms with E-state index in [9.17, 15) is 0 Å². The maximum atomic E-state index is 5.72. The number of nitrogens with one attached hydrogen (secondary N) is 1. The number of nitrogens with zero attached hydrogens (tertiary/aromatic N) is 3. The van der Waals surface area contributed by atoms with Gasteiger partial charge in [0.2, 0.25) is 0 Å². The molecule has 1 aliphatic heterocycles. The van der Waals surface area contributed by atoms with Gasteiger partial charge in [-0.1, -0.05) is 11.3 Å². The Morgan fingerprint density at radius 2 is 2.59 bits per heavy atom. The first-order valence-electron chi connectivity index (χ1n) is 5.64. The van der Waals surface area contributed by atoms with Gasteiger partial charge in [0.15, 0.2) is 0 Å². The first-order chi connectivity index (χ1) is 8.42. The third kappa shape index (κ3) is 2.54. The van der Waals surface area contributed by atoms with Crippen LogP contribution < -0.4 is 5.32 Å². The topological polar surface area (TPSA) is 52.0 Å². The van der Waals surface area contributed by atoms with Crippen molar-refractivity contribution in [2.75, 3.05) is 6.54 Å². The Bertz CT molecular complexity index is 468. The molecule has 90 valence electrons. The highest BCUT2D eigenvalue weighted by Crippen LogP contribution is 2.11. The summed E-state index contributed by atoms with van der Waals surface area (Å²) in [6.45, 7) is 3.14. The lowest BCUT2D eigenvalue weighted by molar-refractivity contribution is 0.00101. The molecule has 0 unspecified atom stereocenters. The molecular weight excluding hydrogens is 236 g/mol. The van der Waals surface area contributed by atoms with E-state index in [0.29, 0.717) is 6.61 Å². The van der Waals surface area contributed by atoms with Gasteiger partial charge in [-0.2, -0.15) is 0 Å². The Labute approximate surface area is 103 Å². The van der Waals surface area contributed by atoms with Gasteiger partial charge in [0, 0.05) is 18.0 Å². The van der Waals surface area contributed by atoms with Gasteiger partial charge in [-0.25, -0.2) is 4.68 Å². The van der Waals surface area contributed by atoms with Crippen molar-refractivity contribution in [3.8, 4) is 0 Å². The summed E-state index contributed by atoms with van der Waals surface area (Å²) in [4.78, 5) is 1.35. The van der Waals surface area contributed by atoms with Crippen molar-refractivity contribution in [2.24, 2.45) is 0 Å². The fourth-order valence-corrected chi connectivity index (χ4v) is 2.56. The lowest BCUT2D eigenvalue weighted by Gasteiger charge is -2.23. The van der Waals surface area contributed by atoms with Gasteiger partial charge >= 0.3 is 0 Å². The molecule has 1 atom stereocenters. The summed E-state index contributed by atoms with van der Waals surface area (Å²) in [6.07, 6.45) is 1.94. The van der Waals surface area contributed by atoms with Crippen molar-refractivity contribution in [2.45, 2.75) is 25.8 Å².